The minimum absolute atomic E-state index is 0.0420. The number of carboxylic acid groups (broad SMARTS) is 2. The van der Waals surface area contributed by atoms with Gasteiger partial charge in [-0.15, -0.1) is 0 Å². The number of aliphatic hydroxyl groups is 1. The SMILES string of the molecule is CC(C(=O)C(=O)O)C(O)(C(=O)O)c1ccccc1. The van der Waals surface area contributed by atoms with Crippen LogP contribution in [0.25, 0.3) is 0 Å². The lowest BCUT2D eigenvalue weighted by molar-refractivity contribution is -0.171. The first kappa shape index (κ1) is 13.9. The second-order valence-corrected chi connectivity index (χ2v) is 3.83. The fraction of sp³-hybridized carbons (Fsp3) is 0.250. The zero-order chi connectivity index (χ0) is 13.9. The van der Waals surface area contributed by atoms with Crippen molar-refractivity contribution in [3.63, 3.8) is 0 Å². The highest BCUT2D eigenvalue weighted by molar-refractivity contribution is 6.34. The number of ketones is 1. The Morgan fingerprint density at radius 2 is 1.61 bits per heavy atom. The Morgan fingerprint density at radius 3 is 2.00 bits per heavy atom. The molecule has 2 unspecified atom stereocenters. The molecule has 6 heteroatoms. The van der Waals surface area contributed by atoms with Gasteiger partial charge in [0, 0.05) is 0 Å². The first-order valence-corrected chi connectivity index (χ1v) is 5.10. The first-order chi connectivity index (χ1) is 8.31. The number of carbonyl (C=O) groups excluding carboxylic acids is 1. The van der Waals surface area contributed by atoms with E-state index in [0.29, 0.717) is 0 Å². The van der Waals surface area contributed by atoms with Crippen LogP contribution in [0.4, 0.5) is 0 Å². The third kappa shape index (κ3) is 2.23. The summed E-state index contributed by atoms with van der Waals surface area (Å²) in [5.41, 5.74) is -2.60. The van der Waals surface area contributed by atoms with Gasteiger partial charge >= 0.3 is 11.9 Å². The molecule has 96 valence electrons. The molecule has 0 saturated carbocycles. The van der Waals surface area contributed by atoms with E-state index >= 15 is 0 Å². The highest BCUT2D eigenvalue weighted by Crippen LogP contribution is 2.30. The molecule has 3 N–H and O–H groups in total. The quantitative estimate of drug-likeness (QED) is 0.647. The minimum atomic E-state index is -2.56. The Labute approximate surface area is 102 Å². The van der Waals surface area contributed by atoms with Crippen molar-refractivity contribution in [2.75, 3.05) is 0 Å². The van der Waals surface area contributed by atoms with E-state index in [1.807, 2.05) is 0 Å². The van der Waals surface area contributed by atoms with Crippen molar-refractivity contribution >= 4 is 17.7 Å². The summed E-state index contributed by atoms with van der Waals surface area (Å²) in [5.74, 6) is -6.41. The molecule has 0 bridgehead atoms. The predicted octanol–water partition coefficient (Wildman–Crippen LogP) is 0.249. The lowest BCUT2D eigenvalue weighted by atomic mass is 9.80. The predicted molar refractivity (Wildman–Crippen MR) is 59.8 cm³/mol. The molecule has 0 aromatic heterocycles. The lowest BCUT2D eigenvalue weighted by Crippen LogP contribution is -2.47. The van der Waals surface area contributed by atoms with E-state index in [0.717, 1.165) is 6.92 Å². The third-order valence-corrected chi connectivity index (χ3v) is 2.77. The van der Waals surface area contributed by atoms with Gasteiger partial charge in [-0.05, 0) is 5.56 Å². The maximum Gasteiger partial charge on any atom is 0.372 e. The van der Waals surface area contributed by atoms with Crippen LogP contribution in [-0.2, 0) is 20.0 Å². The van der Waals surface area contributed by atoms with Gasteiger partial charge in [-0.1, -0.05) is 37.3 Å². The average Bonchev–Trinajstić information content (AvgIpc) is 2.36. The van der Waals surface area contributed by atoms with Gasteiger partial charge in [-0.3, -0.25) is 4.79 Å². The molecule has 0 radical (unpaired) electrons. The normalized spacial score (nSPS) is 15.4. The van der Waals surface area contributed by atoms with Gasteiger partial charge in [0.15, 0.2) is 5.60 Å². The summed E-state index contributed by atoms with van der Waals surface area (Å²) in [6.45, 7) is 1.07. The Bertz CT molecular complexity index is 481. The fourth-order valence-corrected chi connectivity index (χ4v) is 1.63. The summed E-state index contributed by atoms with van der Waals surface area (Å²) in [7, 11) is 0. The summed E-state index contributed by atoms with van der Waals surface area (Å²) >= 11 is 0. The number of Topliss-reactive ketones (excluding diaryl/α,β-unsaturated/α-hetero) is 1. The second kappa shape index (κ2) is 4.97. The molecule has 0 saturated heterocycles. The molecule has 0 amide bonds. The van der Waals surface area contributed by atoms with Crippen LogP contribution in [0, 0.1) is 5.92 Å². The molecule has 0 spiro atoms. The van der Waals surface area contributed by atoms with Crippen molar-refractivity contribution in [1.82, 2.24) is 0 Å². The Morgan fingerprint density at radius 1 is 1.11 bits per heavy atom. The molecule has 0 aliphatic carbocycles. The molecule has 6 nitrogen and oxygen atoms in total. The van der Waals surface area contributed by atoms with Gasteiger partial charge in [-0.25, -0.2) is 9.59 Å². The van der Waals surface area contributed by atoms with Crippen LogP contribution in [0.3, 0.4) is 0 Å². The Balaban J connectivity index is 3.29. The van der Waals surface area contributed by atoms with E-state index < -0.39 is 29.2 Å². The fourth-order valence-electron chi connectivity index (χ4n) is 1.63. The second-order valence-electron chi connectivity index (χ2n) is 3.83. The van der Waals surface area contributed by atoms with Gasteiger partial charge in [0.25, 0.3) is 0 Å². The monoisotopic (exact) mass is 252 g/mol. The molecule has 0 heterocycles. The van der Waals surface area contributed by atoms with E-state index in [-0.39, 0.29) is 5.56 Å². The van der Waals surface area contributed by atoms with Gasteiger partial charge in [0.05, 0.1) is 5.92 Å². The highest BCUT2D eigenvalue weighted by atomic mass is 16.4. The van der Waals surface area contributed by atoms with E-state index in [2.05, 4.69) is 0 Å². The molecule has 0 fully saturated rings. The van der Waals surface area contributed by atoms with Crippen molar-refractivity contribution < 1.29 is 29.7 Å². The summed E-state index contributed by atoms with van der Waals surface area (Å²) < 4.78 is 0. The van der Waals surface area contributed by atoms with Crippen LogP contribution in [-0.4, -0.2) is 33.0 Å². The van der Waals surface area contributed by atoms with Crippen LogP contribution in [0.15, 0.2) is 30.3 Å². The van der Waals surface area contributed by atoms with Crippen molar-refractivity contribution in [3.8, 4) is 0 Å². The Kier molecular flexibility index (Phi) is 3.82. The summed E-state index contributed by atoms with van der Waals surface area (Å²) in [6, 6.07) is 7.22. The summed E-state index contributed by atoms with van der Waals surface area (Å²) in [6.07, 6.45) is 0. The maximum absolute atomic E-state index is 11.3. The van der Waals surface area contributed by atoms with E-state index in [4.69, 9.17) is 10.2 Å². The molecule has 18 heavy (non-hydrogen) atoms. The maximum atomic E-state index is 11.3. The third-order valence-electron chi connectivity index (χ3n) is 2.77. The first-order valence-electron chi connectivity index (χ1n) is 5.10. The van der Waals surface area contributed by atoms with Crippen LogP contribution in [0.2, 0.25) is 0 Å². The molecule has 0 aliphatic heterocycles. The van der Waals surface area contributed by atoms with E-state index in [1.54, 1.807) is 6.07 Å². The zero-order valence-electron chi connectivity index (χ0n) is 9.53. The lowest BCUT2D eigenvalue weighted by Gasteiger charge is -2.28. The number of hydrogen-bond donors (Lipinski definition) is 3. The topological polar surface area (TPSA) is 112 Å². The molecule has 0 aliphatic rings. The van der Waals surface area contributed by atoms with Crippen molar-refractivity contribution in [3.05, 3.63) is 35.9 Å². The van der Waals surface area contributed by atoms with Crippen LogP contribution in [0.5, 0.6) is 0 Å². The number of hydrogen-bond acceptors (Lipinski definition) is 4. The van der Waals surface area contributed by atoms with Crippen molar-refractivity contribution in [2.24, 2.45) is 5.92 Å². The number of rotatable bonds is 5. The molecular weight excluding hydrogens is 240 g/mol. The van der Waals surface area contributed by atoms with Gasteiger partial charge in [0.2, 0.25) is 5.78 Å². The average molecular weight is 252 g/mol. The van der Waals surface area contributed by atoms with Crippen LogP contribution < -0.4 is 0 Å². The van der Waals surface area contributed by atoms with E-state index in [1.165, 1.54) is 24.3 Å². The molecule has 1 rings (SSSR count). The van der Waals surface area contributed by atoms with Crippen LogP contribution in [0.1, 0.15) is 12.5 Å². The van der Waals surface area contributed by atoms with Crippen molar-refractivity contribution in [1.29, 1.82) is 0 Å². The van der Waals surface area contributed by atoms with Gasteiger partial charge in [0.1, 0.15) is 0 Å². The summed E-state index contributed by atoms with van der Waals surface area (Å²) in [5, 5.41) is 27.8. The van der Waals surface area contributed by atoms with E-state index in [9.17, 15) is 19.5 Å². The summed E-state index contributed by atoms with van der Waals surface area (Å²) in [4.78, 5) is 33.1. The van der Waals surface area contributed by atoms with Gasteiger partial charge in [-0.2, -0.15) is 0 Å². The van der Waals surface area contributed by atoms with Crippen LogP contribution >= 0.6 is 0 Å². The zero-order valence-corrected chi connectivity index (χ0v) is 9.53. The highest BCUT2D eigenvalue weighted by Gasteiger charge is 2.48. The smallest absolute Gasteiger partial charge is 0.372 e. The number of aliphatic carboxylic acids is 2. The van der Waals surface area contributed by atoms with Gasteiger partial charge < -0.3 is 15.3 Å². The minimum Gasteiger partial charge on any atom is -0.479 e. The van der Waals surface area contributed by atoms with Crippen molar-refractivity contribution in [2.45, 2.75) is 12.5 Å². The molecule has 2 atom stereocenters. The number of carboxylic acids is 2. The molecular formula is C12H12O6. The standard InChI is InChI=1S/C12H12O6/c1-7(9(13)10(14)15)12(18,11(16)17)8-5-3-2-4-6-8/h2-7,18H,1H3,(H,14,15)(H,16,17). The Hall–Kier alpha value is -2.21. The number of benzene rings is 1. The number of carbonyl (C=O) groups is 3. The molecule has 1 aromatic rings. The molecule has 1 aromatic carbocycles. The largest absolute Gasteiger partial charge is 0.479 e.